The number of nitrogens with two attached hydrogens (primary N) is 1. The lowest BCUT2D eigenvalue weighted by Crippen LogP contribution is -2.10. The van der Waals surface area contributed by atoms with Gasteiger partial charge in [0.15, 0.2) is 11.6 Å². The van der Waals surface area contributed by atoms with Gasteiger partial charge in [0, 0.05) is 5.56 Å². The molecule has 2 N–H and O–H groups in total. The average molecular weight is 279 g/mol. The van der Waals surface area contributed by atoms with Crippen LogP contribution in [0, 0.1) is 18.6 Å². The number of ether oxygens (including phenoxy) is 1. The third kappa shape index (κ3) is 2.88. The standard InChI is InChI=1S/C14H11F2NOS/c1-8-7-9(5-6-10(8)14(17)19)18-12-4-2-3-11(15)13(12)16/h2-7H,1H3,(H2,17,19). The van der Waals surface area contributed by atoms with Crippen molar-refractivity contribution < 1.29 is 13.5 Å². The quantitative estimate of drug-likeness (QED) is 0.870. The van der Waals surface area contributed by atoms with Crippen molar-refractivity contribution in [3.8, 4) is 11.5 Å². The fourth-order valence-corrected chi connectivity index (χ4v) is 1.89. The van der Waals surface area contributed by atoms with Crippen LogP contribution in [0.3, 0.4) is 0 Å². The van der Waals surface area contributed by atoms with Gasteiger partial charge in [-0.3, -0.25) is 0 Å². The van der Waals surface area contributed by atoms with Crippen LogP contribution in [0.1, 0.15) is 11.1 Å². The van der Waals surface area contributed by atoms with Gasteiger partial charge in [0.05, 0.1) is 0 Å². The lowest BCUT2D eigenvalue weighted by molar-refractivity contribution is 0.416. The number of halogens is 2. The van der Waals surface area contributed by atoms with Crippen molar-refractivity contribution in [3.63, 3.8) is 0 Å². The van der Waals surface area contributed by atoms with Crippen LogP contribution in [-0.2, 0) is 0 Å². The predicted octanol–water partition coefficient (Wildman–Crippen LogP) is 3.70. The summed E-state index contributed by atoms with van der Waals surface area (Å²) in [5.74, 6) is -1.74. The molecule has 0 radical (unpaired) electrons. The second kappa shape index (κ2) is 5.32. The molecule has 0 saturated heterocycles. The van der Waals surface area contributed by atoms with Crippen LogP contribution in [0.2, 0.25) is 0 Å². The number of hydrogen-bond acceptors (Lipinski definition) is 2. The first-order valence-electron chi connectivity index (χ1n) is 5.51. The van der Waals surface area contributed by atoms with Crippen molar-refractivity contribution in [1.82, 2.24) is 0 Å². The summed E-state index contributed by atoms with van der Waals surface area (Å²) in [5.41, 5.74) is 7.07. The molecular weight excluding hydrogens is 268 g/mol. The Bertz CT molecular complexity index is 643. The molecule has 98 valence electrons. The van der Waals surface area contributed by atoms with Crippen molar-refractivity contribution >= 4 is 17.2 Å². The van der Waals surface area contributed by atoms with Crippen LogP contribution in [0.5, 0.6) is 11.5 Å². The number of rotatable bonds is 3. The molecule has 0 atom stereocenters. The van der Waals surface area contributed by atoms with E-state index in [4.69, 9.17) is 22.7 Å². The van der Waals surface area contributed by atoms with Crippen LogP contribution >= 0.6 is 12.2 Å². The molecule has 0 fully saturated rings. The molecule has 2 rings (SSSR count). The molecule has 0 saturated carbocycles. The first kappa shape index (κ1) is 13.4. The first-order chi connectivity index (χ1) is 8.99. The minimum Gasteiger partial charge on any atom is -0.454 e. The summed E-state index contributed by atoms with van der Waals surface area (Å²) < 4.78 is 31.8. The van der Waals surface area contributed by atoms with E-state index in [0.29, 0.717) is 5.75 Å². The van der Waals surface area contributed by atoms with E-state index in [0.717, 1.165) is 17.2 Å². The van der Waals surface area contributed by atoms with E-state index in [1.165, 1.54) is 12.1 Å². The Morgan fingerprint density at radius 1 is 1.21 bits per heavy atom. The highest BCUT2D eigenvalue weighted by molar-refractivity contribution is 7.80. The lowest BCUT2D eigenvalue weighted by Gasteiger charge is -2.10. The minimum atomic E-state index is -1.02. The van der Waals surface area contributed by atoms with Crippen molar-refractivity contribution in [1.29, 1.82) is 0 Å². The van der Waals surface area contributed by atoms with Crippen molar-refractivity contribution in [3.05, 3.63) is 59.2 Å². The van der Waals surface area contributed by atoms with Gasteiger partial charge in [-0.05, 0) is 42.8 Å². The Morgan fingerprint density at radius 3 is 2.58 bits per heavy atom. The molecule has 2 aromatic carbocycles. The third-order valence-corrected chi connectivity index (χ3v) is 2.83. The summed E-state index contributed by atoms with van der Waals surface area (Å²) in [7, 11) is 0. The molecule has 2 aromatic rings. The molecule has 0 amide bonds. The van der Waals surface area contributed by atoms with Crippen molar-refractivity contribution in [2.45, 2.75) is 6.92 Å². The van der Waals surface area contributed by atoms with Gasteiger partial charge in [0.25, 0.3) is 0 Å². The monoisotopic (exact) mass is 279 g/mol. The van der Waals surface area contributed by atoms with Crippen LogP contribution in [0.15, 0.2) is 36.4 Å². The minimum absolute atomic E-state index is 0.164. The van der Waals surface area contributed by atoms with Gasteiger partial charge in [-0.15, -0.1) is 0 Å². The summed E-state index contributed by atoms with van der Waals surface area (Å²) >= 11 is 4.89. The Hall–Kier alpha value is -2.01. The zero-order valence-electron chi connectivity index (χ0n) is 10.1. The molecule has 0 heterocycles. The Kier molecular flexibility index (Phi) is 3.76. The maximum Gasteiger partial charge on any atom is 0.201 e. The highest BCUT2D eigenvalue weighted by Crippen LogP contribution is 2.27. The number of aryl methyl sites for hydroxylation is 1. The topological polar surface area (TPSA) is 35.2 Å². The molecule has 0 aromatic heterocycles. The van der Waals surface area contributed by atoms with Gasteiger partial charge >= 0.3 is 0 Å². The highest BCUT2D eigenvalue weighted by atomic mass is 32.1. The molecule has 0 bridgehead atoms. The summed E-state index contributed by atoms with van der Waals surface area (Å²) in [6, 6.07) is 8.72. The summed E-state index contributed by atoms with van der Waals surface area (Å²) in [6.45, 7) is 1.81. The van der Waals surface area contributed by atoms with Gasteiger partial charge in [-0.25, -0.2) is 4.39 Å². The highest BCUT2D eigenvalue weighted by Gasteiger charge is 2.10. The van der Waals surface area contributed by atoms with E-state index in [9.17, 15) is 8.78 Å². The zero-order valence-corrected chi connectivity index (χ0v) is 10.9. The van der Waals surface area contributed by atoms with Crippen molar-refractivity contribution in [2.24, 2.45) is 5.73 Å². The van der Waals surface area contributed by atoms with Crippen LogP contribution in [-0.4, -0.2) is 4.99 Å². The fraction of sp³-hybridized carbons (Fsp3) is 0.0714. The summed E-state index contributed by atoms with van der Waals surface area (Å²) in [5, 5.41) is 0. The SMILES string of the molecule is Cc1cc(Oc2cccc(F)c2F)ccc1C(N)=S. The molecule has 0 aliphatic heterocycles. The van der Waals surface area contributed by atoms with Gasteiger partial charge in [-0.2, -0.15) is 4.39 Å². The number of hydrogen-bond donors (Lipinski definition) is 1. The lowest BCUT2D eigenvalue weighted by atomic mass is 10.1. The molecule has 0 aliphatic rings. The Morgan fingerprint density at radius 2 is 1.95 bits per heavy atom. The zero-order chi connectivity index (χ0) is 14.0. The molecule has 0 spiro atoms. The smallest absolute Gasteiger partial charge is 0.201 e. The fourth-order valence-electron chi connectivity index (χ4n) is 1.67. The maximum absolute atomic E-state index is 13.5. The van der Waals surface area contributed by atoms with Gasteiger partial charge < -0.3 is 10.5 Å². The van der Waals surface area contributed by atoms with Gasteiger partial charge in [0.1, 0.15) is 10.7 Å². The van der Waals surface area contributed by atoms with E-state index >= 15 is 0 Å². The Balaban J connectivity index is 2.32. The second-order valence-corrected chi connectivity index (χ2v) is 4.43. The second-order valence-electron chi connectivity index (χ2n) is 3.99. The molecule has 2 nitrogen and oxygen atoms in total. The third-order valence-electron chi connectivity index (χ3n) is 2.61. The molecule has 0 unspecified atom stereocenters. The van der Waals surface area contributed by atoms with Gasteiger partial charge in [-0.1, -0.05) is 18.3 Å². The maximum atomic E-state index is 13.5. The summed E-state index contributed by atoms with van der Waals surface area (Å²) in [6.07, 6.45) is 0. The number of thiocarbonyl (C=S) groups is 1. The van der Waals surface area contributed by atoms with Crippen LogP contribution in [0.4, 0.5) is 8.78 Å². The summed E-state index contributed by atoms with van der Waals surface area (Å²) in [4.78, 5) is 0.279. The largest absolute Gasteiger partial charge is 0.454 e. The van der Waals surface area contributed by atoms with Crippen LogP contribution in [0.25, 0.3) is 0 Å². The first-order valence-corrected chi connectivity index (χ1v) is 5.92. The molecular formula is C14H11F2NOS. The molecule has 5 heteroatoms. The predicted molar refractivity (Wildman–Crippen MR) is 73.5 cm³/mol. The van der Waals surface area contributed by atoms with E-state index in [1.54, 1.807) is 18.2 Å². The average Bonchev–Trinajstić information content (AvgIpc) is 2.34. The van der Waals surface area contributed by atoms with E-state index < -0.39 is 11.6 Å². The van der Waals surface area contributed by atoms with Gasteiger partial charge in [0.2, 0.25) is 5.82 Å². The number of benzene rings is 2. The van der Waals surface area contributed by atoms with E-state index in [1.807, 2.05) is 6.92 Å². The molecule has 0 aliphatic carbocycles. The molecule has 19 heavy (non-hydrogen) atoms. The normalized spacial score (nSPS) is 10.3. The van der Waals surface area contributed by atoms with Crippen molar-refractivity contribution in [2.75, 3.05) is 0 Å². The van der Waals surface area contributed by atoms with E-state index in [-0.39, 0.29) is 10.7 Å². The van der Waals surface area contributed by atoms with Crippen LogP contribution < -0.4 is 10.5 Å². The Labute approximate surface area is 114 Å². The van der Waals surface area contributed by atoms with E-state index in [2.05, 4.69) is 0 Å².